The average molecular weight is 360 g/mol. The van der Waals surface area contributed by atoms with Crippen molar-refractivity contribution >= 4 is 40.3 Å². The van der Waals surface area contributed by atoms with Crippen molar-refractivity contribution in [3.63, 3.8) is 0 Å². The van der Waals surface area contributed by atoms with Crippen molar-refractivity contribution < 1.29 is 14.3 Å². The van der Waals surface area contributed by atoms with Gasteiger partial charge in [-0.1, -0.05) is 30.9 Å². The maximum absolute atomic E-state index is 12.3. The molecule has 0 saturated carbocycles. The van der Waals surface area contributed by atoms with E-state index in [1.54, 1.807) is 6.92 Å². The fraction of sp³-hybridized carbons (Fsp3) is 0.667. The molecule has 8 heteroatoms. The van der Waals surface area contributed by atoms with E-state index in [2.05, 4.69) is 15.5 Å². The minimum absolute atomic E-state index is 0.297. The van der Waals surface area contributed by atoms with Gasteiger partial charge in [-0.2, -0.15) is 0 Å². The third-order valence-electron chi connectivity index (χ3n) is 3.51. The summed E-state index contributed by atoms with van der Waals surface area (Å²) in [6, 6.07) is -0.630. The molecule has 0 aliphatic carbocycles. The molecule has 6 nitrogen and oxygen atoms in total. The zero-order valence-corrected chi connectivity index (χ0v) is 15.7. The van der Waals surface area contributed by atoms with Crippen LogP contribution in [-0.2, 0) is 9.53 Å². The standard InChI is InChI=1S/C15H25N3O3S2/c1-5-10-12(13(19)21-8-4)11(17-14(20)16-10)9-23-15(22)18(6-2)7-3/h10H,5-9H2,1-4H3,(H2,16,17,20)/t10-/m1/s1. The molecule has 2 amide bonds. The summed E-state index contributed by atoms with van der Waals surface area (Å²) >= 11 is 6.85. The van der Waals surface area contributed by atoms with Crippen LogP contribution < -0.4 is 10.6 Å². The highest BCUT2D eigenvalue weighted by molar-refractivity contribution is 8.23. The Bertz CT molecular complexity index is 490. The van der Waals surface area contributed by atoms with Gasteiger partial charge in [0.25, 0.3) is 0 Å². The first kappa shape index (κ1) is 19.8. The zero-order valence-electron chi connectivity index (χ0n) is 14.1. The van der Waals surface area contributed by atoms with Gasteiger partial charge in [0.15, 0.2) is 0 Å². The van der Waals surface area contributed by atoms with Gasteiger partial charge in [0.05, 0.1) is 18.2 Å². The molecule has 1 atom stereocenters. The molecule has 0 aromatic carbocycles. The van der Waals surface area contributed by atoms with E-state index in [1.165, 1.54) is 11.8 Å². The number of urea groups is 1. The van der Waals surface area contributed by atoms with Crippen LogP contribution in [0.15, 0.2) is 11.3 Å². The molecule has 0 radical (unpaired) electrons. The number of carbonyl (C=O) groups excluding carboxylic acids is 2. The number of amides is 2. The largest absolute Gasteiger partial charge is 0.463 e. The van der Waals surface area contributed by atoms with Crippen LogP contribution in [0.2, 0.25) is 0 Å². The Morgan fingerprint density at radius 1 is 1.30 bits per heavy atom. The van der Waals surface area contributed by atoms with Crippen LogP contribution in [0.4, 0.5) is 4.79 Å². The van der Waals surface area contributed by atoms with Gasteiger partial charge in [-0.15, -0.1) is 0 Å². The van der Waals surface area contributed by atoms with Crippen molar-refractivity contribution in [1.82, 2.24) is 15.5 Å². The van der Waals surface area contributed by atoms with E-state index < -0.39 is 5.97 Å². The van der Waals surface area contributed by atoms with E-state index in [0.717, 1.165) is 17.4 Å². The van der Waals surface area contributed by atoms with Crippen molar-refractivity contribution in [3.05, 3.63) is 11.3 Å². The van der Waals surface area contributed by atoms with E-state index in [1.807, 2.05) is 20.8 Å². The molecule has 0 saturated heterocycles. The maximum Gasteiger partial charge on any atom is 0.337 e. The van der Waals surface area contributed by atoms with Gasteiger partial charge in [0, 0.05) is 24.5 Å². The SMILES string of the molecule is CCOC(=O)C1=C(CSC(=S)N(CC)CC)NC(=O)N[C@@H]1CC. The molecule has 0 aromatic heterocycles. The number of hydrogen-bond donors (Lipinski definition) is 2. The lowest BCUT2D eigenvalue weighted by molar-refractivity contribution is -0.139. The lowest BCUT2D eigenvalue weighted by atomic mass is 10.0. The van der Waals surface area contributed by atoms with Crippen LogP contribution in [0.5, 0.6) is 0 Å². The number of thioether (sulfide) groups is 1. The normalized spacial score (nSPS) is 17.4. The topological polar surface area (TPSA) is 70.7 Å². The Morgan fingerprint density at radius 3 is 2.48 bits per heavy atom. The quantitative estimate of drug-likeness (QED) is 0.537. The predicted molar refractivity (Wildman–Crippen MR) is 97.4 cm³/mol. The third kappa shape index (κ3) is 5.39. The summed E-state index contributed by atoms with van der Waals surface area (Å²) in [6.45, 7) is 9.72. The molecule has 0 aromatic rings. The summed E-state index contributed by atoms with van der Waals surface area (Å²) in [7, 11) is 0. The summed E-state index contributed by atoms with van der Waals surface area (Å²) in [4.78, 5) is 26.1. The van der Waals surface area contributed by atoms with Crippen LogP contribution in [0.25, 0.3) is 0 Å². The summed E-state index contributed by atoms with van der Waals surface area (Å²) in [5, 5.41) is 5.49. The first-order valence-electron chi connectivity index (χ1n) is 7.87. The lowest BCUT2D eigenvalue weighted by Crippen LogP contribution is -2.50. The van der Waals surface area contributed by atoms with Crippen molar-refractivity contribution in [2.45, 2.75) is 40.2 Å². The van der Waals surface area contributed by atoms with Crippen LogP contribution in [-0.4, -0.2) is 52.7 Å². The van der Waals surface area contributed by atoms with Crippen LogP contribution in [0.1, 0.15) is 34.1 Å². The molecule has 0 spiro atoms. The van der Waals surface area contributed by atoms with Gasteiger partial charge in [-0.05, 0) is 27.2 Å². The summed E-state index contributed by atoms with van der Waals surface area (Å²) in [6.07, 6.45) is 0.621. The molecule has 130 valence electrons. The van der Waals surface area contributed by atoms with E-state index in [-0.39, 0.29) is 12.1 Å². The second-order valence-electron chi connectivity index (χ2n) is 4.90. The van der Waals surface area contributed by atoms with E-state index in [0.29, 0.717) is 30.1 Å². The van der Waals surface area contributed by atoms with Gasteiger partial charge in [-0.3, -0.25) is 0 Å². The molecule has 1 heterocycles. The summed E-state index contributed by atoms with van der Waals surface area (Å²) in [5.74, 6) is 0.0455. The lowest BCUT2D eigenvalue weighted by Gasteiger charge is -2.29. The highest BCUT2D eigenvalue weighted by atomic mass is 32.2. The molecule has 1 aliphatic rings. The fourth-order valence-corrected chi connectivity index (χ4v) is 3.65. The van der Waals surface area contributed by atoms with Crippen molar-refractivity contribution in [1.29, 1.82) is 0 Å². The molecule has 2 N–H and O–H groups in total. The second kappa shape index (κ2) is 9.77. The van der Waals surface area contributed by atoms with Gasteiger partial charge < -0.3 is 20.3 Å². The smallest absolute Gasteiger partial charge is 0.337 e. The molecule has 0 bridgehead atoms. The Hall–Kier alpha value is -1.28. The van der Waals surface area contributed by atoms with E-state index >= 15 is 0 Å². The second-order valence-corrected chi connectivity index (χ2v) is 6.51. The van der Waals surface area contributed by atoms with Gasteiger partial charge in [0.2, 0.25) is 0 Å². The van der Waals surface area contributed by atoms with E-state index in [4.69, 9.17) is 17.0 Å². The Morgan fingerprint density at radius 2 is 1.96 bits per heavy atom. The predicted octanol–water partition coefficient (Wildman–Crippen LogP) is 2.25. The number of nitrogens with zero attached hydrogens (tertiary/aromatic N) is 1. The van der Waals surface area contributed by atoms with Crippen LogP contribution >= 0.6 is 24.0 Å². The number of esters is 1. The molecule has 1 rings (SSSR count). The Labute approximate surface area is 147 Å². The molecular formula is C15H25N3O3S2. The average Bonchev–Trinajstić information content (AvgIpc) is 2.53. The molecule has 0 unspecified atom stereocenters. The van der Waals surface area contributed by atoms with Crippen molar-refractivity contribution in [2.75, 3.05) is 25.4 Å². The molecule has 23 heavy (non-hydrogen) atoms. The number of ether oxygens (including phenoxy) is 1. The highest BCUT2D eigenvalue weighted by Gasteiger charge is 2.31. The molecular weight excluding hydrogens is 334 g/mol. The summed E-state index contributed by atoms with van der Waals surface area (Å²) in [5.41, 5.74) is 1.07. The van der Waals surface area contributed by atoms with Gasteiger partial charge in [-0.25, -0.2) is 9.59 Å². The number of rotatable bonds is 7. The Kier molecular flexibility index (Phi) is 8.40. The third-order valence-corrected chi connectivity index (χ3v) is 5.06. The van der Waals surface area contributed by atoms with Crippen LogP contribution in [0.3, 0.4) is 0 Å². The number of hydrogen-bond acceptors (Lipinski definition) is 5. The fourth-order valence-electron chi connectivity index (χ4n) is 2.28. The monoisotopic (exact) mass is 359 g/mol. The van der Waals surface area contributed by atoms with Gasteiger partial charge >= 0.3 is 12.0 Å². The van der Waals surface area contributed by atoms with Crippen molar-refractivity contribution in [3.8, 4) is 0 Å². The highest BCUT2D eigenvalue weighted by Crippen LogP contribution is 2.21. The first-order valence-corrected chi connectivity index (χ1v) is 9.27. The summed E-state index contributed by atoms with van der Waals surface area (Å²) < 4.78 is 5.89. The minimum atomic E-state index is -0.392. The number of nitrogens with one attached hydrogen (secondary N) is 2. The van der Waals surface area contributed by atoms with Gasteiger partial charge in [0.1, 0.15) is 4.32 Å². The van der Waals surface area contributed by atoms with Crippen molar-refractivity contribution in [2.24, 2.45) is 0 Å². The number of thiocarbonyl (C=S) groups is 1. The zero-order chi connectivity index (χ0) is 17.4. The maximum atomic E-state index is 12.3. The Balaban J connectivity index is 2.96. The minimum Gasteiger partial charge on any atom is -0.463 e. The van der Waals surface area contributed by atoms with E-state index in [9.17, 15) is 9.59 Å². The molecule has 1 aliphatic heterocycles. The first-order chi connectivity index (χ1) is 11.0. The van der Waals surface area contributed by atoms with Crippen LogP contribution in [0, 0.1) is 0 Å². The molecule has 0 fully saturated rings. The number of carbonyl (C=O) groups is 2.